The quantitative estimate of drug-likeness (QED) is 0.676. The Morgan fingerprint density at radius 2 is 1.46 bits per heavy atom. The summed E-state index contributed by atoms with van der Waals surface area (Å²) in [7, 11) is 2.98. The lowest BCUT2D eigenvalue weighted by molar-refractivity contribution is 0.0911. The molecular formula is C8H10N2O3. The van der Waals surface area contributed by atoms with Crippen LogP contribution in [0.5, 0.6) is 0 Å². The maximum atomic E-state index is 11.0. The number of carbonyl (C=O) groups is 2. The van der Waals surface area contributed by atoms with Crippen molar-refractivity contribution in [3.63, 3.8) is 0 Å². The average Bonchev–Trinajstić information content (AvgIpc) is 2.64. The average molecular weight is 182 g/mol. The van der Waals surface area contributed by atoms with Crippen LogP contribution in [0.3, 0.4) is 0 Å². The molecule has 2 amide bonds. The summed E-state index contributed by atoms with van der Waals surface area (Å²) in [6, 6.07) is 2.90. The monoisotopic (exact) mass is 182 g/mol. The second kappa shape index (κ2) is 3.75. The first kappa shape index (κ1) is 9.31. The molecule has 0 bridgehead atoms. The van der Waals surface area contributed by atoms with E-state index in [2.05, 4.69) is 10.6 Å². The molecule has 0 aliphatic heterocycles. The summed E-state index contributed by atoms with van der Waals surface area (Å²) in [5, 5.41) is 4.77. The topological polar surface area (TPSA) is 71.3 Å². The van der Waals surface area contributed by atoms with Crippen LogP contribution in [0.25, 0.3) is 0 Å². The number of carbonyl (C=O) groups excluding carboxylic acids is 2. The maximum absolute atomic E-state index is 11.0. The number of amides is 2. The van der Waals surface area contributed by atoms with Crippen LogP contribution in [0.15, 0.2) is 16.5 Å². The Hall–Kier alpha value is -1.78. The van der Waals surface area contributed by atoms with E-state index in [1.807, 2.05) is 0 Å². The Labute approximate surface area is 75.1 Å². The van der Waals surface area contributed by atoms with E-state index in [-0.39, 0.29) is 23.3 Å². The Morgan fingerprint density at radius 1 is 1.08 bits per heavy atom. The van der Waals surface area contributed by atoms with Crippen molar-refractivity contribution in [3.05, 3.63) is 23.7 Å². The second-order valence-electron chi connectivity index (χ2n) is 2.32. The predicted octanol–water partition coefficient (Wildman–Crippen LogP) is -0.00120. The van der Waals surface area contributed by atoms with Gasteiger partial charge >= 0.3 is 0 Å². The number of nitrogens with one attached hydrogen (secondary N) is 2. The normalized spacial score (nSPS) is 9.38. The largest absolute Gasteiger partial charge is 0.446 e. The summed E-state index contributed by atoms with van der Waals surface area (Å²) >= 11 is 0. The number of hydrogen-bond donors (Lipinski definition) is 2. The van der Waals surface area contributed by atoms with Gasteiger partial charge in [-0.3, -0.25) is 9.59 Å². The van der Waals surface area contributed by atoms with Gasteiger partial charge in [0.1, 0.15) is 0 Å². The molecule has 1 aromatic rings. The molecular weight excluding hydrogens is 172 g/mol. The Kier molecular flexibility index (Phi) is 2.69. The van der Waals surface area contributed by atoms with Gasteiger partial charge in [0, 0.05) is 14.1 Å². The van der Waals surface area contributed by atoms with Crippen molar-refractivity contribution in [1.82, 2.24) is 10.6 Å². The van der Waals surface area contributed by atoms with Crippen molar-refractivity contribution >= 4 is 11.8 Å². The smallest absolute Gasteiger partial charge is 0.286 e. The Balaban J connectivity index is 2.86. The van der Waals surface area contributed by atoms with Gasteiger partial charge in [0.25, 0.3) is 11.8 Å². The van der Waals surface area contributed by atoms with E-state index in [0.29, 0.717) is 0 Å². The molecule has 0 unspecified atom stereocenters. The van der Waals surface area contributed by atoms with Gasteiger partial charge < -0.3 is 15.1 Å². The molecule has 0 saturated heterocycles. The first-order chi connectivity index (χ1) is 6.19. The van der Waals surface area contributed by atoms with Crippen LogP contribution in [0.2, 0.25) is 0 Å². The molecule has 0 atom stereocenters. The third-order valence-electron chi connectivity index (χ3n) is 1.51. The van der Waals surface area contributed by atoms with E-state index in [1.165, 1.54) is 26.2 Å². The zero-order valence-corrected chi connectivity index (χ0v) is 7.38. The van der Waals surface area contributed by atoms with Gasteiger partial charge in [-0.05, 0) is 12.1 Å². The molecule has 5 nitrogen and oxygen atoms in total. The molecule has 2 N–H and O–H groups in total. The zero-order valence-electron chi connectivity index (χ0n) is 7.38. The highest BCUT2D eigenvalue weighted by Crippen LogP contribution is 2.06. The summed E-state index contributed by atoms with van der Waals surface area (Å²) in [5.41, 5.74) is 0. The lowest BCUT2D eigenvalue weighted by Gasteiger charge is -1.94. The summed E-state index contributed by atoms with van der Waals surface area (Å²) in [4.78, 5) is 22.0. The van der Waals surface area contributed by atoms with Crippen LogP contribution >= 0.6 is 0 Å². The molecule has 0 saturated carbocycles. The zero-order chi connectivity index (χ0) is 9.84. The number of rotatable bonds is 2. The van der Waals surface area contributed by atoms with Gasteiger partial charge in [0.2, 0.25) is 0 Å². The fraction of sp³-hybridized carbons (Fsp3) is 0.250. The van der Waals surface area contributed by atoms with Crippen LogP contribution in [0.1, 0.15) is 21.1 Å². The summed E-state index contributed by atoms with van der Waals surface area (Å²) in [6.07, 6.45) is 0. The lowest BCUT2D eigenvalue weighted by atomic mass is 10.4. The summed E-state index contributed by atoms with van der Waals surface area (Å²) in [6.45, 7) is 0. The SMILES string of the molecule is CNC(=O)c1ccc(C(=O)NC)o1. The lowest BCUT2D eigenvalue weighted by Crippen LogP contribution is -2.18. The standard InChI is InChI=1S/C8H10N2O3/c1-9-7(11)5-3-4-6(13-5)8(12)10-2/h3-4H,1-2H3,(H,9,11)(H,10,12). The van der Waals surface area contributed by atoms with Crippen LogP contribution in [0.4, 0.5) is 0 Å². The number of furan rings is 1. The highest BCUT2D eigenvalue weighted by molar-refractivity contribution is 5.95. The fourth-order valence-electron chi connectivity index (χ4n) is 0.828. The highest BCUT2D eigenvalue weighted by atomic mass is 16.4. The molecule has 1 aromatic heterocycles. The van der Waals surface area contributed by atoms with E-state index in [4.69, 9.17) is 4.42 Å². The maximum Gasteiger partial charge on any atom is 0.286 e. The minimum atomic E-state index is -0.352. The van der Waals surface area contributed by atoms with E-state index in [0.717, 1.165) is 0 Å². The summed E-state index contributed by atoms with van der Waals surface area (Å²) in [5.74, 6) is -0.451. The Bertz CT molecular complexity index is 299. The molecule has 70 valence electrons. The molecule has 1 rings (SSSR count). The van der Waals surface area contributed by atoms with Crippen LogP contribution < -0.4 is 10.6 Å². The van der Waals surface area contributed by atoms with E-state index >= 15 is 0 Å². The third-order valence-corrected chi connectivity index (χ3v) is 1.51. The molecule has 0 aliphatic carbocycles. The molecule has 0 fully saturated rings. The van der Waals surface area contributed by atoms with Gasteiger partial charge in [-0.25, -0.2) is 0 Å². The second-order valence-corrected chi connectivity index (χ2v) is 2.32. The van der Waals surface area contributed by atoms with Crippen molar-refractivity contribution < 1.29 is 14.0 Å². The van der Waals surface area contributed by atoms with Crippen molar-refractivity contribution in [2.75, 3.05) is 14.1 Å². The van der Waals surface area contributed by atoms with E-state index in [9.17, 15) is 9.59 Å². The van der Waals surface area contributed by atoms with E-state index < -0.39 is 0 Å². The minimum Gasteiger partial charge on any atom is -0.446 e. The molecule has 1 heterocycles. The van der Waals surface area contributed by atoms with Crippen molar-refractivity contribution in [2.24, 2.45) is 0 Å². The first-order valence-corrected chi connectivity index (χ1v) is 3.73. The number of hydrogen-bond acceptors (Lipinski definition) is 3. The van der Waals surface area contributed by atoms with Crippen molar-refractivity contribution in [3.8, 4) is 0 Å². The molecule has 5 heteroatoms. The molecule has 0 aromatic carbocycles. The van der Waals surface area contributed by atoms with Gasteiger partial charge in [-0.1, -0.05) is 0 Å². The van der Waals surface area contributed by atoms with Crippen LogP contribution in [-0.2, 0) is 0 Å². The minimum absolute atomic E-state index is 0.126. The van der Waals surface area contributed by atoms with Gasteiger partial charge in [0.15, 0.2) is 11.5 Å². The molecule has 0 spiro atoms. The van der Waals surface area contributed by atoms with Crippen molar-refractivity contribution in [1.29, 1.82) is 0 Å². The molecule has 0 radical (unpaired) electrons. The highest BCUT2D eigenvalue weighted by Gasteiger charge is 2.12. The van der Waals surface area contributed by atoms with Gasteiger partial charge in [-0.2, -0.15) is 0 Å². The first-order valence-electron chi connectivity index (χ1n) is 3.73. The fourth-order valence-corrected chi connectivity index (χ4v) is 0.828. The molecule has 0 aliphatic rings. The van der Waals surface area contributed by atoms with Crippen LogP contribution in [0, 0.1) is 0 Å². The predicted molar refractivity (Wildman–Crippen MR) is 45.5 cm³/mol. The third kappa shape index (κ3) is 1.87. The Morgan fingerprint density at radius 3 is 1.77 bits per heavy atom. The van der Waals surface area contributed by atoms with E-state index in [1.54, 1.807) is 0 Å². The van der Waals surface area contributed by atoms with Gasteiger partial charge in [0.05, 0.1) is 0 Å². The van der Waals surface area contributed by atoms with Crippen LogP contribution in [-0.4, -0.2) is 25.9 Å². The van der Waals surface area contributed by atoms with Crippen molar-refractivity contribution in [2.45, 2.75) is 0 Å². The summed E-state index contributed by atoms with van der Waals surface area (Å²) < 4.78 is 4.96. The van der Waals surface area contributed by atoms with Gasteiger partial charge in [-0.15, -0.1) is 0 Å². The molecule has 13 heavy (non-hydrogen) atoms.